The zero-order chi connectivity index (χ0) is 12.1. The molecule has 0 aliphatic rings. The van der Waals surface area contributed by atoms with Gasteiger partial charge in [-0.15, -0.1) is 11.6 Å². The van der Waals surface area contributed by atoms with Crippen LogP contribution in [0.4, 0.5) is 0 Å². The van der Waals surface area contributed by atoms with E-state index in [-0.39, 0.29) is 5.91 Å². The quantitative estimate of drug-likeness (QED) is 0.770. The van der Waals surface area contributed by atoms with Gasteiger partial charge in [0.05, 0.1) is 15.6 Å². The third kappa shape index (κ3) is 3.03. The number of benzene rings is 1. The lowest BCUT2D eigenvalue weighted by Crippen LogP contribution is -2.32. The third-order valence-electron chi connectivity index (χ3n) is 2.20. The minimum absolute atomic E-state index is 0.182. The Bertz CT molecular complexity index is 361. The first-order chi connectivity index (χ1) is 7.61. The minimum atomic E-state index is -0.182. The molecular weight excluding hydrogens is 268 g/mol. The molecule has 0 radical (unpaired) electrons. The molecule has 0 saturated carbocycles. The van der Waals surface area contributed by atoms with E-state index in [1.165, 1.54) is 0 Å². The fourth-order valence-corrected chi connectivity index (χ4v) is 2.13. The Morgan fingerprint density at radius 2 is 1.88 bits per heavy atom. The lowest BCUT2D eigenvalue weighted by atomic mass is 10.2. The van der Waals surface area contributed by atoms with Crippen molar-refractivity contribution in [3.63, 3.8) is 0 Å². The molecule has 0 spiro atoms. The van der Waals surface area contributed by atoms with Crippen LogP contribution < -0.4 is 0 Å². The fraction of sp³-hybridized carbons (Fsp3) is 0.364. The van der Waals surface area contributed by atoms with Gasteiger partial charge in [0.15, 0.2) is 0 Å². The van der Waals surface area contributed by atoms with Gasteiger partial charge in [0.2, 0.25) is 0 Å². The summed E-state index contributed by atoms with van der Waals surface area (Å²) in [5.41, 5.74) is 0.345. The molecule has 1 aromatic rings. The molecule has 2 nitrogen and oxygen atoms in total. The van der Waals surface area contributed by atoms with Crippen molar-refractivity contribution < 1.29 is 4.79 Å². The normalized spacial score (nSPS) is 10.2. The van der Waals surface area contributed by atoms with E-state index in [9.17, 15) is 4.79 Å². The van der Waals surface area contributed by atoms with Gasteiger partial charge in [0, 0.05) is 19.0 Å². The number of hydrogen-bond donors (Lipinski definition) is 0. The lowest BCUT2D eigenvalue weighted by molar-refractivity contribution is 0.0774. The molecule has 88 valence electrons. The monoisotopic (exact) mass is 279 g/mol. The number of alkyl halides is 1. The standard InChI is InChI=1S/C11H12Cl3NO/c1-2-15(7-6-12)11(16)10-8(13)4-3-5-9(10)14/h3-5H,2,6-7H2,1H3. The van der Waals surface area contributed by atoms with Crippen molar-refractivity contribution in [2.24, 2.45) is 0 Å². The van der Waals surface area contributed by atoms with Gasteiger partial charge in [-0.3, -0.25) is 4.79 Å². The molecule has 0 bridgehead atoms. The second-order valence-corrected chi connectivity index (χ2v) is 4.36. The van der Waals surface area contributed by atoms with Gasteiger partial charge in [0.1, 0.15) is 0 Å². The smallest absolute Gasteiger partial charge is 0.256 e. The number of carbonyl (C=O) groups excluding carboxylic acids is 1. The summed E-state index contributed by atoms with van der Waals surface area (Å²) in [4.78, 5) is 13.7. The molecule has 0 N–H and O–H groups in total. The topological polar surface area (TPSA) is 20.3 Å². The first kappa shape index (κ1) is 13.6. The molecule has 0 aliphatic carbocycles. The molecule has 0 heterocycles. The van der Waals surface area contributed by atoms with E-state index in [0.717, 1.165) is 0 Å². The highest BCUT2D eigenvalue weighted by Crippen LogP contribution is 2.25. The maximum Gasteiger partial charge on any atom is 0.256 e. The summed E-state index contributed by atoms with van der Waals surface area (Å²) in [6.45, 7) is 2.95. The number of carbonyl (C=O) groups is 1. The summed E-state index contributed by atoms with van der Waals surface area (Å²) in [6, 6.07) is 5.00. The van der Waals surface area contributed by atoms with Crippen LogP contribution in [-0.4, -0.2) is 29.8 Å². The number of amides is 1. The van der Waals surface area contributed by atoms with E-state index in [2.05, 4.69) is 0 Å². The average Bonchev–Trinajstić information content (AvgIpc) is 2.25. The van der Waals surface area contributed by atoms with Crippen LogP contribution in [-0.2, 0) is 0 Å². The predicted octanol–water partition coefficient (Wildman–Crippen LogP) is 3.69. The highest BCUT2D eigenvalue weighted by molar-refractivity contribution is 6.39. The van der Waals surface area contributed by atoms with Gasteiger partial charge in [0.25, 0.3) is 5.91 Å². The van der Waals surface area contributed by atoms with Crippen LogP contribution >= 0.6 is 34.8 Å². The zero-order valence-electron chi connectivity index (χ0n) is 8.84. The summed E-state index contributed by atoms with van der Waals surface area (Å²) in [5.74, 6) is 0.209. The molecule has 0 aliphatic heterocycles. The summed E-state index contributed by atoms with van der Waals surface area (Å²) >= 11 is 17.5. The van der Waals surface area contributed by atoms with Crippen LogP contribution in [0.3, 0.4) is 0 Å². The number of nitrogens with zero attached hydrogens (tertiary/aromatic N) is 1. The van der Waals surface area contributed by atoms with E-state index in [1.54, 1.807) is 23.1 Å². The van der Waals surface area contributed by atoms with Crippen molar-refractivity contribution in [2.45, 2.75) is 6.92 Å². The molecule has 0 fully saturated rings. The van der Waals surface area contributed by atoms with Crippen LogP contribution in [0.5, 0.6) is 0 Å². The van der Waals surface area contributed by atoms with Crippen molar-refractivity contribution in [3.05, 3.63) is 33.8 Å². The summed E-state index contributed by atoms with van der Waals surface area (Å²) < 4.78 is 0. The molecule has 1 rings (SSSR count). The molecule has 0 atom stereocenters. The lowest BCUT2D eigenvalue weighted by Gasteiger charge is -2.20. The Kier molecular flexibility index (Phi) is 5.39. The molecule has 0 saturated heterocycles. The van der Waals surface area contributed by atoms with Gasteiger partial charge in [-0.2, -0.15) is 0 Å². The second-order valence-electron chi connectivity index (χ2n) is 3.17. The Labute approximate surface area is 110 Å². The van der Waals surface area contributed by atoms with Gasteiger partial charge in [-0.25, -0.2) is 0 Å². The number of halogens is 3. The minimum Gasteiger partial charge on any atom is -0.338 e. The van der Waals surface area contributed by atoms with Gasteiger partial charge < -0.3 is 4.90 Å². The zero-order valence-corrected chi connectivity index (χ0v) is 11.1. The average molecular weight is 281 g/mol. The molecule has 0 aromatic heterocycles. The predicted molar refractivity (Wildman–Crippen MR) is 68.8 cm³/mol. The van der Waals surface area contributed by atoms with Gasteiger partial charge in [-0.1, -0.05) is 29.3 Å². The van der Waals surface area contributed by atoms with Crippen molar-refractivity contribution in [2.75, 3.05) is 19.0 Å². The Morgan fingerprint density at radius 1 is 1.31 bits per heavy atom. The van der Waals surface area contributed by atoms with Gasteiger partial charge >= 0.3 is 0 Å². The summed E-state index contributed by atoms with van der Waals surface area (Å²) in [6.07, 6.45) is 0. The maximum absolute atomic E-state index is 12.1. The summed E-state index contributed by atoms with van der Waals surface area (Å²) in [7, 11) is 0. The molecular formula is C11H12Cl3NO. The van der Waals surface area contributed by atoms with Crippen LogP contribution in [0.1, 0.15) is 17.3 Å². The number of rotatable bonds is 4. The van der Waals surface area contributed by atoms with Crippen molar-refractivity contribution in [3.8, 4) is 0 Å². The first-order valence-electron chi connectivity index (χ1n) is 4.91. The van der Waals surface area contributed by atoms with Crippen LogP contribution in [0, 0.1) is 0 Å². The highest BCUT2D eigenvalue weighted by Gasteiger charge is 2.19. The van der Waals surface area contributed by atoms with E-state index in [0.29, 0.717) is 34.6 Å². The van der Waals surface area contributed by atoms with Gasteiger partial charge in [-0.05, 0) is 19.1 Å². The number of hydrogen-bond acceptors (Lipinski definition) is 1. The first-order valence-corrected chi connectivity index (χ1v) is 6.20. The Balaban J connectivity index is 3.03. The third-order valence-corrected chi connectivity index (χ3v) is 3.00. The van der Waals surface area contributed by atoms with Crippen molar-refractivity contribution in [1.29, 1.82) is 0 Å². The largest absolute Gasteiger partial charge is 0.338 e. The van der Waals surface area contributed by atoms with Crippen LogP contribution in [0.15, 0.2) is 18.2 Å². The second kappa shape index (κ2) is 6.33. The molecule has 0 unspecified atom stereocenters. The SMILES string of the molecule is CCN(CCCl)C(=O)c1c(Cl)cccc1Cl. The van der Waals surface area contributed by atoms with E-state index < -0.39 is 0 Å². The Morgan fingerprint density at radius 3 is 2.31 bits per heavy atom. The molecule has 1 amide bonds. The molecule has 16 heavy (non-hydrogen) atoms. The fourth-order valence-electron chi connectivity index (χ4n) is 1.37. The Hall–Kier alpha value is -0.440. The van der Waals surface area contributed by atoms with Crippen LogP contribution in [0.25, 0.3) is 0 Å². The van der Waals surface area contributed by atoms with E-state index >= 15 is 0 Å². The highest BCUT2D eigenvalue weighted by atomic mass is 35.5. The van der Waals surface area contributed by atoms with E-state index in [4.69, 9.17) is 34.8 Å². The van der Waals surface area contributed by atoms with Crippen LogP contribution in [0.2, 0.25) is 10.0 Å². The molecule has 5 heteroatoms. The summed E-state index contributed by atoms with van der Waals surface area (Å²) in [5, 5.41) is 0.732. The van der Waals surface area contributed by atoms with Crippen molar-refractivity contribution in [1.82, 2.24) is 4.90 Å². The molecule has 1 aromatic carbocycles. The maximum atomic E-state index is 12.1. The van der Waals surface area contributed by atoms with Crippen molar-refractivity contribution >= 4 is 40.7 Å². The van der Waals surface area contributed by atoms with E-state index in [1.807, 2.05) is 6.92 Å².